The number of hydrogen-bond acceptors (Lipinski definition) is 4. The molecule has 0 radical (unpaired) electrons. The maximum atomic E-state index is 12.3. The van der Waals surface area contributed by atoms with Crippen molar-refractivity contribution in [3.8, 4) is 0 Å². The van der Waals surface area contributed by atoms with E-state index in [2.05, 4.69) is 21.3 Å². The van der Waals surface area contributed by atoms with Crippen LogP contribution in [0.15, 0.2) is 48.7 Å². The molecule has 8 heteroatoms. The third kappa shape index (κ3) is 5.38. The van der Waals surface area contributed by atoms with Gasteiger partial charge in [0, 0.05) is 72.0 Å². The molecule has 1 saturated heterocycles. The van der Waals surface area contributed by atoms with E-state index in [0.717, 1.165) is 46.7 Å². The predicted molar refractivity (Wildman–Crippen MR) is 130 cm³/mol. The Balaban J connectivity index is 1.47. The number of H-pyrrole nitrogens is 1. The van der Waals surface area contributed by atoms with Crippen molar-refractivity contribution in [1.82, 2.24) is 14.8 Å². The number of halogens is 1. The normalized spacial score (nSPS) is 16.2. The Labute approximate surface area is 198 Å². The largest absolute Gasteiger partial charge is 0.480 e. The standard InChI is InChI=1S/C25H29ClN4O3/c1-16(2)24(31)28-19-6-7-20-21(14-27-22(20)13-19)23(25(32)33)30-10-8-29(9-11-30)15-17-4-3-5-18(26)12-17/h3-7,12-14,16,23,27H,8-11,15H2,1-2H3,(H,28,31)(H,32,33). The van der Waals surface area contributed by atoms with Gasteiger partial charge in [0.15, 0.2) is 0 Å². The average Bonchev–Trinajstić information content (AvgIpc) is 3.17. The van der Waals surface area contributed by atoms with Crippen LogP contribution >= 0.6 is 11.6 Å². The van der Waals surface area contributed by atoms with E-state index in [1.807, 2.05) is 55.1 Å². The Morgan fingerprint density at radius 1 is 1.12 bits per heavy atom. The van der Waals surface area contributed by atoms with Crippen LogP contribution in [0.5, 0.6) is 0 Å². The van der Waals surface area contributed by atoms with Crippen LogP contribution in [-0.2, 0) is 16.1 Å². The van der Waals surface area contributed by atoms with Crippen LogP contribution in [0.2, 0.25) is 5.02 Å². The molecule has 0 aliphatic carbocycles. The first-order chi connectivity index (χ1) is 15.8. The second-order valence-corrected chi connectivity index (χ2v) is 9.27. The Kier molecular flexibility index (Phi) is 7.02. The van der Waals surface area contributed by atoms with Gasteiger partial charge in [-0.15, -0.1) is 0 Å². The number of aromatic amines is 1. The van der Waals surface area contributed by atoms with Crippen LogP contribution in [0.4, 0.5) is 5.69 Å². The van der Waals surface area contributed by atoms with Crippen molar-refractivity contribution in [3.05, 3.63) is 64.8 Å². The number of fused-ring (bicyclic) bond motifs is 1. The number of hydrogen-bond donors (Lipinski definition) is 3. The number of carbonyl (C=O) groups excluding carboxylic acids is 1. The third-order valence-electron chi connectivity index (χ3n) is 6.10. The minimum Gasteiger partial charge on any atom is -0.480 e. The maximum Gasteiger partial charge on any atom is 0.325 e. The smallest absolute Gasteiger partial charge is 0.325 e. The number of amides is 1. The van der Waals surface area contributed by atoms with E-state index in [1.54, 1.807) is 6.20 Å². The molecule has 0 spiro atoms. The summed E-state index contributed by atoms with van der Waals surface area (Å²) in [6, 6.07) is 12.7. The molecular weight excluding hydrogens is 440 g/mol. The molecule has 7 nitrogen and oxygen atoms in total. The molecule has 1 fully saturated rings. The molecule has 174 valence electrons. The third-order valence-corrected chi connectivity index (χ3v) is 6.34. The molecule has 0 saturated carbocycles. The molecule has 1 amide bonds. The molecule has 1 aliphatic heterocycles. The number of rotatable bonds is 7. The topological polar surface area (TPSA) is 88.7 Å². The lowest BCUT2D eigenvalue weighted by Gasteiger charge is -2.37. The number of piperazine rings is 1. The molecule has 0 bridgehead atoms. The van der Waals surface area contributed by atoms with Crippen molar-refractivity contribution in [2.45, 2.75) is 26.4 Å². The van der Waals surface area contributed by atoms with Crippen molar-refractivity contribution in [2.75, 3.05) is 31.5 Å². The second kappa shape index (κ2) is 9.95. The van der Waals surface area contributed by atoms with Gasteiger partial charge in [0.2, 0.25) is 5.91 Å². The molecule has 33 heavy (non-hydrogen) atoms. The minimum absolute atomic E-state index is 0.0554. The van der Waals surface area contributed by atoms with Crippen LogP contribution in [-0.4, -0.2) is 57.9 Å². The molecule has 2 heterocycles. The van der Waals surface area contributed by atoms with Crippen LogP contribution in [0.1, 0.15) is 31.0 Å². The molecule has 1 aliphatic rings. The van der Waals surface area contributed by atoms with E-state index >= 15 is 0 Å². The fraction of sp³-hybridized carbons (Fsp3) is 0.360. The lowest BCUT2D eigenvalue weighted by Crippen LogP contribution is -2.48. The molecular formula is C25H29ClN4O3. The number of nitrogens with one attached hydrogen (secondary N) is 2. The van der Waals surface area contributed by atoms with E-state index in [-0.39, 0.29) is 11.8 Å². The molecule has 3 N–H and O–H groups in total. The highest BCUT2D eigenvalue weighted by atomic mass is 35.5. The summed E-state index contributed by atoms with van der Waals surface area (Å²) in [5, 5.41) is 14.5. The van der Waals surface area contributed by atoms with Crippen LogP contribution < -0.4 is 5.32 Å². The summed E-state index contributed by atoms with van der Waals surface area (Å²) in [5.41, 5.74) is 3.39. The lowest BCUT2D eigenvalue weighted by atomic mass is 10.0. The second-order valence-electron chi connectivity index (χ2n) is 8.83. The van der Waals surface area contributed by atoms with Gasteiger partial charge in [-0.1, -0.05) is 43.6 Å². The first-order valence-electron chi connectivity index (χ1n) is 11.2. The summed E-state index contributed by atoms with van der Waals surface area (Å²) in [7, 11) is 0. The monoisotopic (exact) mass is 468 g/mol. The maximum absolute atomic E-state index is 12.3. The van der Waals surface area contributed by atoms with Crippen molar-refractivity contribution < 1.29 is 14.7 Å². The van der Waals surface area contributed by atoms with E-state index < -0.39 is 12.0 Å². The van der Waals surface area contributed by atoms with Gasteiger partial charge in [0.25, 0.3) is 0 Å². The zero-order valence-corrected chi connectivity index (χ0v) is 19.6. The molecule has 3 aromatic rings. The number of aromatic nitrogens is 1. The van der Waals surface area contributed by atoms with Gasteiger partial charge in [-0.05, 0) is 29.8 Å². The van der Waals surface area contributed by atoms with E-state index in [1.165, 1.54) is 0 Å². The minimum atomic E-state index is -0.864. The van der Waals surface area contributed by atoms with Crippen molar-refractivity contribution in [3.63, 3.8) is 0 Å². The summed E-state index contributed by atoms with van der Waals surface area (Å²) in [6.07, 6.45) is 1.77. The highest BCUT2D eigenvalue weighted by Gasteiger charge is 2.32. The van der Waals surface area contributed by atoms with Crippen molar-refractivity contribution >= 4 is 40.1 Å². The quantitative estimate of drug-likeness (QED) is 0.479. The van der Waals surface area contributed by atoms with Crippen LogP contribution in [0.25, 0.3) is 10.9 Å². The van der Waals surface area contributed by atoms with Crippen LogP contribution in [0, 0.1) is 5.92 Å². The summed E-state index contributed by atoms with van der Waals surface area (Å²) < 4.78 is 0. The molecule has 1 aromatic heterocycles. The van der Waals surface area contributed by atoms with Gasteiger partial charge in [-0.25, -0.2) is 0 Å². The summed E-state index contributed by atoms with van der Waals surface area (Å²) in [5.74, 6) is -1.04. The highest BCUT2D eigenvalue weighted by Crippen LogP contribution is 2.31. The summed E-state index contributed by atoms with van der Waals surface area (Å²) in [4.78, 5) is 31.8. The first-order valence-corrected chi connectivity index (χ1v) is 11.5. The number of benzene rings is 2. The van der Waals surface area contributed by atoms with E-state index in [0.29, 0.717) is 18.8 Å². The molecule has 1 unspecified atom stereocenters. The van der Waals surface area contributed by atoms with Gasteiger partial charge < -0.3 is 15.4 Å². The molecule has 2 aromatic carbocycles. The SMILES string of the molecule is CC(C)C(=O)Nc1ccc2c(C(C(=O)O)N3CCN(Cc4cccc(Cl)c4)CC3)c[nH]c2c1. The average molecular weight is 469 g/mol. The zero-order chi connectivity index (χ0) is 23.5. The van der Waals surface area contributed by atoms with Crippen molar-refractivity contribution in [2.24, 2.45) is 5.92 Å². The van der Waals surface area contributed by atoms with Gasteiger partial charge >= 0.3 is 5.97 Å². The lowest BCUT2D eigenvalue weighted by molar-refractivity contribution is -0.144. The Bertz CT molecular complexity index is 1150. The number of carboxylic acid groups (broad SMARTS) is 1. The number of aliphatic carboxylic acids is 1. The fourth-order valence-corrected chi connectivity index (χ4v) is 4.51. The zero-order valence-electron chi connectivity index (χ0n) is 18.8. The van der Waals surface area contributed by atoms with Gasteiger partial charge in [0.05, 0.1) is 0 Å². The van der Waals surface area contributed by atoms with Crippen molar-refractivity contribution in [1.29, 1.82) is 0 Å². The Morgan fingerprint density at radius 3 is 2.55 bits per heavy atom. The number of anilines is 1. The summed E-state index contributed by atoms with van der Waals surface area (Å²) >= 11 is 6.10. The number of carbonyl (C=O) groups is 2. The van der Waals surface area contributed by atoms with Gasteiger partial charge in [-0.3, -0.25) is 19.4 Å². The van der Waals surface area contributed by atoms with Gasteiger partial charge in [-0.2, -0.15) is 0 Å². The number of nitrogens with zero attached hydrogens (tertiary/aromatic N) is 2. The predicted octanol–water partition coefficient (Wildman–Crippen LogP) is 4.36. The Morgan fingerprint density at radius 2 is 1.88 bits per heavy atom. The van der Waals surface area contributed by atoms with E-state index in [4.69, 9.17) is 11.6 Å². The van der Waals surface area contributed by atoms with Gasteiger partial charge in [0.1, 0.15) is 6.04 Å². The van der Waals surface area contributed by atoms with E-state index in [9.17, 15) is 14.7 Å². The Hall–Kier alpha value is -2.87. The number of carboxylic acids is 1. The fourth-order valence-electron chi connectivity index (χ4n) is 4.30. The molecule has 4 rings (SSSR count). The first kappa shape index (κ1) is 23.3. The summed E-state index contributed by atoms with van der Waals surface area (Å²) in [6.45, 7) is 7.36. The van der Waals surface area contributed by atoms with Crippen LogP contribution in [0.3, 0.4) is 0 Å². The highest BCUT2D eigenvalue weighted by molar-refractivity contribution is 6.30. The molecule has 1 atom stereocenters.